The Hall–Kier alpha value is -0.290. The van der Waals surface area contributed by atoms with Gasteiger partial charge in [0.15, 0.2) is 0 Å². The average molecular weight is 443 g/mol. The second-order valence-corrected chi connectivity index (χ2v) is 7.99. The molecule has 0 saturated carbocycles. The van der Waals surface area contributed by atoms with Gasteiger partial charge < -0.3 is 18.9 Å². The van der Waals surface area contributed by atoms with Gasteiger partial charge in [0.1, 0.15) is 6.10 Å². The topological polar surface area (TPSA) is 101 Å². The summed E-state index contributed by atoms with van der Waals surface area (Å²) in [5.74, 6) is 0. The van der Waals surface area contributed by atoms with Crippen molar-refractivity contribution in [3.8, 4) is 0 Å². The highest BCUT2D eigenvalue weighted by Crippen LogP contribution is 2.08. The van der Waals surface area contributed by atoms with Crippen molar-refractivity contribution in [2.24, 2.45) is 0 Å². The first-order valence-electron chi connectivity index (χ1n) is 11.0. The van der Waals surface area contributed by atoms with E-state index in [2.05, 4.69) is 11.1 Å². The molecule has 0 aromatic rings. The molecule has 0 saturated heterocycles. The van der Waals surface area contributed by atoms with Gasteiger partial charge in [0.2, 0.25) is 0 Å². The van der Waals surface area contributed by atoms with Crippen molar-refractivity contribution in [3.63, 3.8) is 0 Å². The number of rotatable bonds is 23. The molecule has 8 nitrogen and oxygen atoms in total. The highest BCUT2D eigenvalue weighted by molar-refractivity contribution is 7.80. The van der Waals surface area contributed by atoms with Crippen LogP contribution in [-0.2, 0) is 33.5 Å². The van der Waals surface area contributed by atoms with Gasteiger partial charge in [0.25, 0.3) is 0 Å². The zero-order valence-corrected chi connectivity index (χ0v) is 19.1. The molecular formula is C20H42O8S. The van der Waals surface area contributed by atoms with Crippen molar-refractivity contribution in [3.05, 3.63) is 0 Å². The van der Waals surface area contributed by atoms with Gasteiger partial charge in [-0.15, -0.1) is 0 Å². The van der Waals surface area contributed by atoms with Crippen LogP contribution in [0.4, 0.5) is 0 Å². The Labute approximate surface area is 177 Å². The smallest absolute Gasteiger partial charge is 0.379 e. The summed E-state index contributed by atoms with van der Waals surface area (Å²) in [6.07, 6.45) is 10.1. The SMILES string of the molecule is CCCCCCCCCCOCCOCCOCCOCC(CC)OS(=O)(=O)O. The number of ether oxygens (including phenoxy) is 4. The van der Waals surface area contributed by atoms with Crippen LogP contribution < -0.4 is 0 Å². The normalized spacial score (nSPS) is 13.1. The Morgan fingerprint density at radius 2 is 1.10 bits per heavy atom. The van der Waals surface area contributed by atoms with E-state index in [9.17, 15) is 8.42 Å². The minimum absolute atomic E-state index is 0.0757. The third kappa shape index (κ3) is 23.9. The summed E-state index contributed by atoms with van der Waals surface area (Å²) in [7, 11) is -4.45. The largest absolute Gasteiger partial charge is 0.397 e. The van der Waals surface area contributed by atoms with Crippen molar-refractivity contribution in [1.29, 1.82) is 0 Å². The number of hydrogen-bond acceptors (Lipinski definition) is 7. The van der Waals surface area contributed by atoms with Crippen LogP contribution in [0.3, 0.4) is 0 Å². The molecule has 1 atom stereocenters. The van der Waals surface area contributed by atoms with Crippen molar-refractivity contribution in [2.45, 2.75) is 77.7 Å². The Kier molecular flexibility index (Phi) is 20.8. The van der Waals surface area contributed by atoms with Gasteiger partial charge in [-0.3, -0.25) is 4.55 Å². The fourth-order valence-corrected chi connectivity index (χ4v) is 3.13. The standard InChI is InChI=1S/C20H42O8S/c1-3-5-6-7-8-9-10-11-12-24-13-14-25-15-16-26-17-18-27-19-20(4-2)28-29(21,22)23/h20H,3-19H2,1-2H3,(H,21,22,23). The summed E-state index contributed by atoms with van der Waals surface area (Å²) < 4.78 is 55.9. The van der Waals surface area contributed by atoms with Crippen LogP contribution in [0.25, 0.3) is 0 Å². The Morgan fingerprint density at radius 3 is 1.59 bits per heavy atom. The summed E-state index contributed by atoms with van der Waals surface area (Å²) >= 11 is 0. The second-order valence-electron chi connectivity index (χ2n) is 6.94. The van der Waals surface area contributed by atoms with E-state index in [-0.39, 0.29) is 6.61 Å². The van der Waals surface area contributed by atoms with E-state index in [0.717, 1.165) is 13.0 Å². The van der Waals surface area contributed by atoms with Gasteiger partial charge >= 0.3 is 10.4 Å². The number of hydrogen-bond donors (Lipinski definition) is 1. The fourth-order valence-electron chi connectivity index (χ4n) is 2.60. The van der Waals surface area contributed by atoms with Crippen LogP contribution in [0, 0.1) is 0 Å². The van der Waals surface area contributed by atoms with Crippen molar-refractivity contribution >= 4 is 10.4 Å². The first-order chi connectivity index (χ1) is 14.0. The Balaban J connectivity index is 3.20. The first-order valence-corrected chi connectivity index (χ1v) is 12.3. The average Bonchev–Trinajstić information content (AvgIpc) is 2.67. The molecule has 0 rings (SSSR count). The van der Waals surface area contributed by atoms with Crippen LogP contribution >= 0.6 is 0 Å². The van der Waals surface area contributed by atoms with Crippen LogP contribution in [0.5, 0.6) is 0 Å². The van der Waals surface area contributed by atoms with Gasteiger partial charge in [-0.05, 0) is 12.8 Å². The maximum Gasteiger partial charge on any atom is 0.397 e. The van der Waals surface area contributed by atoms with E-state index in [1.54, 1.807) is 6.92 Å². The lowest BCUT2D eigenvalue weighted by Crippen LogP contribution is -2.23. The van der Waals surface area contributed by atoms with Crippen molar-refractivity contribution in [1.82, 2.24) is 0 Å². The lowest BCUT2D eigenvalue weighted by molar-refractivity contribution is -0.0141. The van der Waals surface area contributed by atoms with Crippen LogP contribution in [0.15, 0.2) is 0 Å². The van der Waals surface area contributed by atoms with Gasteiger partial charge in [-0.25, -0.2) is 4.18 Å². The molecule has 0 aliphatic carbocycles. The highest BCUT2D eigenvalue weighted by atomic mass is 32.3. The maximum absolute atomic E-state index is 10.6. The van der Waals surface area contributed by atoms with Gasteiger partial charge in [-0.1, -0.05) is 58.8 Å². The molecular weight excluding hydrogens is 400 g/mol. The van der Waals surface area contributed by atoms with Gasteiger partial charge in [-0.2, -0.15) is 8.42 Å². The lowest BCUT2D eigenvalue weighted by Gasteiger charge is -2.13. The molecule has 1 N–H and O–H groups in total. The molecule has 0 fully saturated rings. The summed E-state index contributed by atoms with van der Waals surface area (Å²) in [6.45, 7) is 7.65. The Morgan fingerprint density at radius 1 is 0.655 bits per heavy atom. The summed E-state index contributed by atoms with van der Waals surface area (Å²) in [5.41, 5.74) is 0. The molecule has 0 heterocycles. The molecule has 0 spiro atoms. The fraction of sp³-hybridized carbons (Fsp3) is 1.00. The molecule has 176 valence electrons. The molecule has 1 unspecified atom stereocenters. The molecule has 0 aromatic heterocycles. The van der Waals surface area contributed by atoms with Gasteiger partial charge in [0, 0.05) is 6.61 Å². The molecule has 9 heteroatoms. The van der Waals surface area contributed by atoms with Crippen molar-refractivity contribution < 1.29 is 36.1 Å². The summed E-state index contributed by atoms with van der Waals surface area (Å²) in [5, 5.41) is 0. The lowest BCUT2D eigenvalue weighted by atomic mass is 10.1. The molecule has 0 aliphatic heterocycles. The van der Waals surface area contributed by atoms with Gasteiger partial charge in [0.05, 0.1) is 46.2 Å². The van der Waals surface area contributed by atoms with Crippen LogP contribution in [-0.4, -0.2) is 71.9 Å². The second kappa shape index (κ2) is 21.0. The van der Waals surface area contributed by atoms with E-state index in [0.29, 0.717) is 46.1 Å². The van der Waals surface area contributed by atoms with Crippen molar-refractivity contribution in [2.75, 3.05) is 52.9 Å². The van der Waals surface area contributed by atoms with Crippen LogP contribution in [0.1, 0.15) is 71.6 Å². The first kappa shape index (κ1) is 28.7. The molecule has 0 radical (unpaired) electrons. The van der Waals surface area contributed by atoms with E-state index in [1.807, 2.05) is 0 Å². The minimum atomic E-state index is -4.45. The van der Waals surface area contributed by atoms with E-state index < -0.39 is 16.5 Å². The highest BCUT2D eigenvalue weighted by Gasteiger charge is 2.15. The van der Waals surface area contributed by atoms with E-state index in [1.165, 1.54) is 44.9 Å². The third-order valence-electron chi connectivity index (χ3n) is 4.28. The molecule has 0 aliphatic rings. The zero-order chi connectivity index (χ0) is 21.6. The summed E-state index contributed by atoms with van der Waals surface area (Å²) in [6, 6.07) is 0. The monoisotopic (exact) mass is 442 g/mol. The minimum Gasteiger partial charge on any atom is -0.379 e. The third-order valence-corrected chi connectivity index (χ3v) is 4.79. The van der Waals surface area contributed by atoms with Crippen LogP contribution in [0.2, 0.25) is 0 Å². The predicted octanol–water partition coefficient (Wildman–Crippen LogP) is 3.79. The summed E-state index contributed by atoms with van der Waals surface area (Å²) in [4.78, 5) is 0. The molecule has 0 aromatic carbocycles. The molecule has 29 heavy (non-hydrogen) atoms. The molecule has 0 amide bonds. The quantitative estimate of drug-likeness (QED) is 0.188. The zero-order valence-electron chi connectivity index (χ0n) is 18.3. The van der Waals surface area contributed by atoms with E-state index in [4.69, 9.17) is 23.5 Å². The number of unbranched alkanes of at least 4 members (excludes halogenated alkanes) is 7. The van der Waals surface area contributed by atoms with E-state index >= 15 is 0 Å². The Bertz CT molecular complexity index is 430. The maximum atomic E-state index is 10.6. The predicted molar refractivity (Wildman–Crippen MR) is 113 cm³/mol. The molecule has 0 bridgehead atoms.